The predicted molar refractivity (Wildman–Crippen MR) is 71.9 cm³/mol. The van der Waals surface area contributed by atoms with Crippen LogP contribution in [0.25, 0.3) is 0 Å². The van der Waals surface area contributed by atoms with Gasteiger partial charge < -0.3 is 15.2 Å². The molecule has 20 heavy (non-hydrogen) atoms. The molecule has 0 saturated carbocycles. The van der Waals surface area contributed by atoms with E-state index in [0.29, 0.717) is 3.57 Å². The Morgan fingerprint density at radius 3 is 2.65 bits per heavy atom. The smallest absolute Gasteiger partial charge is 0.466 e. The number of aromatic nitrogens is 1. The van der Waals surface area contributed by atoms with E-state index in [9.17, 15) is 18.0 Å². The number of pyridine rings is 1. The average molecular weight is 404 g/mol. The Hall–Kier alpha value is -1.10. The minimum atomic E-state index is -4.89. The lowest BCUT2D eigenvalue weighted by Gasteiger charge is -2.16. The molecule has 0 spiro atoms. The van der Waals surface area contributed by atoms with Crippen molar-refractivity contribution >= 4 is 28.6 Å². The number of carbonyl (C=O) groups is 1. The van der Waals surface area contributed by atoms with E-state index in [-0.39, 0.29) is 30.8 Å². The Kier molecular flexibility index (Phi) is 5.99. The number of halogens is 4. The zero-order valence-corrected chi connectivity index (χ0v) is 12.6. The first-order valence-electron chi connectivity index (χ1n) is 5.56. The highest BCUT2D eigenvalue weighted by Gasteiger charge is 2.34. The monoisotopic (exact) mass is 404 g/mol. The van der Waals surface area contributed by atoms with E-state index in [1.807, 2.05) is 0 Å². The van der Waals surface area contributed by atoms with E-state index >= 15 is 0 Å². The third-order valence-electron chi connectivity index (χ3n) is 2.20. The maximum atomic E-state index is 12.4. The molecule has 0 radical (unpaired) electrons. The van der Waals surface area contributed by atoms with E-state index in [1.54, 1.807) is 29.5 Å². The van der Waals surface area contributed by atoms with E-state index in [4.69, 9.17) is 10.5 Å². The van der Waals surface area contributed by atoms with Gasteiger partial charge in [-0.1, -0.05) is 0 Å². The summed E-state index contributed by atoms with van der Waals surface area (Å²) in [4.78, 5) is 15.3. The van der Waals surface area contributed by atoms with Crippen molar-refractivity contribution in [3.05, 3.63) is 21.0 Å². The van der Waals surface area contributed by atoms with Gasteiger partial charge in [0, 0.05) is 21.9 Å². The summed E-state index contributed by atoms with van der Waals surface area (Å²) in [6, 6.07) is 0. The summed E-state index contributed by atoms with van der Waals surface area (Å²) in [5.41, 5.74) is 5.35. The fourth-order valence-electron chi connectivity index (χ4n) is 1.46. The third kappa shape index (κ3) is 4.78. The lowest BCUT2D eigenvalue weighted by atomic mass is 10.1. The first-order chi connectivity index (χ1) is 9.28. The fourth-order valence-corrected chi connectivity index (χ4v) is 2.03. The molecule has 1 heterocycles. The fraction of sp³-hybridized carbons (Fsp3) is 0.455. The van der Waals surface area contributed by atoms with Crippen LogP contribution < -0.4 is 10.5 Å². The quantitative estimate of drug-likeness (QED) is 0.602. The van der Waals surface area contributed by atoms with Crippen LogP contribution in [-0.2, 0) is 22.5 Å². The zero-order valence-electron chi connectivity index (χ0n) is 10.5. The van der Waals surface area contributed by atoms with Crippen molar-refractivity contribution in [1.29, 1.82) is 0 Å². The van der Waals surface area contributed by atoms with Crippen molar-refractivity contribution in [1.82, 2.24) is 4.98 Å². The van der Waals surface area contributed by atoms with Crippen LogP contribution in [0.15, 0.2) is 6.20 Å². The highest BCUT2D eigenvalue weighted by atomic mass is 127. The first-order valence-corrected chi connectivity index (χ1v) is 6.64. The second-order valence-corrected chi connectivity index (χ2v) is 4.76. The molecule has 0 aliphatic heterocycles. The molecule has 0 aromatic carbocycles. The van der Waals surface area contributed by atoms with Gasteiger partial charge in [-0.25, -0.2) is 0 Å². The number of nitrogens with two attached hydrogens (primary N) is 1. The standard InChI is InChI=1S/C11H12F3IN2O3/c1-2-19-9(18)3-6-7(15)5-17-8(4-16)10(6)20-11(12,13)14/h5H,2-4,16H2,1H3. The number of hydrogen-bond donors (Lipinski definition) is 1. The highest BCUT2D eigenvalue weighted by molar-refractivity contribution is 14.1. The summed E-state index contributed by atoms with van der Waals surface area (Å²) in [5, 5.41) is 0. The van der Waals surface area contributed by atoms with Crippen LogP contribution >= 0.6 is 22.6 Å². The molecule has 0 unspecified atom stereocenters. The molecule has 9 heteroatoms. The Labute approximate surface area is 126 Å². The number of hydrogen-bond acceptors (Lipinski definition) is 5. The molecule has 0 fully saturated rings. The van der Waals surface area contributed by atoms with Crippen LogP contribution in [0, 0.1) is 3.57 Å². The number of alkyl halides is 3. The summed E-state index contributed by atoms with van der Waals surface area (Å²) < 4.78 is 46.4. The average Bonchev–Trinajstić information content (AvgIpc) is 2.32. The minimum Gasteiger partial charge on any atom is -0.466 e. The van der Waals surface area contributed by atoms with Gasteiger partial charge in [0.15, 0.2) is 5.75 Å². The third-order valence-corrected chi connectivity index (χ3v) is 3.13. The normalized spacial score (nSPS) is 11.3. The minimum absolute atomic E-state index is 0.0665. The molecule has 0 bridgehead atoms. The van der Waals surface area contributed by atoms with Gasteiger partial charge in [0.25, 0.3) is 0 Å². The second-order valence-electron chi connectivity index (χ2n) is 3.59. The number of carbonyl (C=O) groups excluding carboxylic acids is 1. The Morgan fingerprint density at radius 1 is 1.50 bits per heavy atom. The maximum Gasteiger partial charge on any atom is 0.573 e. The van der Waals surface area contributed by atoms with E-state index < -0.39 is 18.1 Å². The van der Waals surface area contributed by atoms with Crippen LogP contribution in [0.2, 0.25) is 0 Å². The van der Waals surface area contributed by atoms with Crippen molar-refractivity contribution in [3.8, 4) is 5.75 Å². The lowest BCUT2D eigenvalue weighted by Crippen LogP contribution is -2.22. The van der Waals surface area contributed by atoms with Crippen LogP contribution in [0.4, 0.5) is 13.2 Å². The van der Waals surface area contributed by atoms with Gasteiger partial charge in [0.2, 0.25) is 0 Å². The van der Waals surface area contributed by atoms with Crippen molar-refractivity contribution in [2.24, 2.45) is 5.73 Å². The predicted octanol–water partition coefficient (Wildman–Crippen LogP) is 2.15. The Morgan fingerprint density at radius 2 is 2.15 bits per heavy atom. The number of nitrogens with zero attached hydrogens (tertiary/aromatic N) is 1. The van der Waals surface area contributed by atoms with Gasteiger partial charge in [-0.15, -0.1) is 13.2 Å². The zero-order chi connectivity index (χ0) is 15.3. The molecule has 0 saturated heterocycles. The molecule has 1 aromatic rings. The van der Waals surface area contributed by atoms with Crippen LogP contribution in [0.5, 0.6) is 5.75 Å². The molecule has 0 atom stereocenters. The SMILES string of the molecule is CCOC(=O)Cc1c(I)cnc(CN)c1OC(F)(F)F. The van der Waals surface area contributed by atoms with Gasteiger partial charge in [-0.2, -0.15) is 0 Å². The van der Waals surface area contributed by atoms with Gasteiger partial charge in [-0.3, -0.25) is 9.78 Å². The summed E-state index contributed by atoms with van der Waals surface area (Å²) in [5.74, 6) is -1.17. The van der Waals surface area contributed by atoms with Gasteiger partial charge in [0.05, 0.1) is 18.7 Å². The van der Waals surface area contributed by atoms with E-state index in [1.165, 1.54) is 6.20 Å². The molecule has 0 amide bonds. The van der Waals surface area contributed by atoms with Crippen molar-refractivity contribution < 1.29 is 27.4 Å². The van der Waals surface area contributed by atoms with Gasteiger partial charge in [0.1, 0.15) is 0 Å². The van der Waals surface area contributed by atoms with Crippen LogP contribution in [0.1, 0.15) is 18.2 Å². The molecule has 1 aromatic heterocycles. The number of esters is 1. The molecule has 1 rings (SSSR count). The van der Waals surface area contributed by atoms with Crippen LogP contribution in [-0.4, -0.2) is 23.9 Å². The lowest BCUT2D eigenvalue weighted by molar-refractivity contribution is -0.275. The Bertz CT molecular complexity index is 495. The molecule has 0 aliphatic rings. The summed E-state index contributed by atoms with van der Waals surface area (Å²) in [6.07, 6.45) is -3.90. The van der Waals surface area contributed by atoms with Crippen molar-refractivity contribution in [2.75, 3.05) is 6.61 Å². The number of rotatable bonds is 5. The van der Waals surface area contributed by atoms with Crippen molar-refractivity contribution in [2.45, 2.75) is 26.3 Å². The largest absolute Gasteiger partial charge is 0.573 e. The highest BCUT2D eigenvalue weighted by Crippen LogP contribution is 2.32. The molecule has 5 nitrogen and oxygen atoms in total. The van der Waals surface area contributed by atoms with E-state index in [2.05, 4.69) is 9.72 Å². The Balaban J connectivity index is 3.21. The molecule has 0 aliphatic carbocycles. The first kappa shape index (κ1) is 17.0. The van der Waals surface area contributed by atoms with Crippen molar-refractivity contribution in [3.63, 3.8) is 0 Å². The maximum absolute atomic E-state index is 12.4. The number of ether oxygens (including phenoxy) is 2. The molecular weight excluding hydrogens is 392 g/mol. The molecule has 112 valence electrons. The summed E-state index contributed by atoms with van der Waals surface area (Å²) in [7, 11) is 0. The summed E-state index contributed by atoms with van der Waals surface area (Å²) >= 11 is 1.77. The topological polar surface area (TPSA) is 74.4 Å². The van der Waals surface area contributed by atoms with Gasteiger partial charge >= 0.3 is 12.3 Å². The molecule has 2 N–H and O–H groups in total. The van der Waals surface area contributed by atoms with E-state index in [0.717, 1.165) is 0 Å². The van der Waals surface area contributed by atoms with Crippen LogP contribution in [0.3, 0.4) is 0 Å². The van der Waals surface area contributed by atoms with Gasteiger partial charge in [-0.05, 0) is 29.5 Å². The molecular formula is C11H12F3IN2O3. The summed E-state index contributed by atoms with van der Waals surface area (Å²) in [6.45, 7) is 1.51. The second kappa shape index (κ2) is 7.07.